The van der Waals surface area contributed by atoms with Crippen LogP contribution in [-0.4, -0.2) is 28.8 Å². The molecule has 0 bridgehead atoms. The maximum atomic E-state index is 9.98. The number of nitrogens with zero attached hydrogens (tertiary/aromatic N) is 1. The highest BCUT2D eigenvalue weighted by atomic mass is 16.3. The molecule has 14 heavy (non-hydrogen) atoms. The highest BCUT2D eigenvalue weighted by molar-refractivity contribution is 4.88. The molecule has 0 aromatic rings. The molecule has 3 unspecified atom stereocenters. The zero-order chi connectivity index (χ0) is 10.6. The van der Waals surface area contributed by atoms with Crippen molar-refractivity contribution in [2.75, 3.05) is 6.54 Å². The summed E-state index contributed by atoms with van der Waals surface area (Å²) in [5.41, 5.74) is 0. The van der Waals surface area contributed by atoms with E-state index in [2.05, 4.69) is 25.7 Å². The van der Waals surface area contributed by atoms with E-state index in [0.29, 0.717) is 6.04 Å². The molecule has 0 aromatic carbocycles. The van der Waals surface area contributed by atoms with Crippen LogP contribution in [0.15, 0.2) is 0 Å². The molecule has 84 valence electrons. The number of hydrogen-bond acceptors (Lipinski definition) is 2. The van der Waals surface area contributed by atoms with Crippen molar-refractivity contribution in [3.8, 4) is 0 Å². The van der Waals surface area contributed by atoms with Gasteiger partial charge in [-0.15, -0.1) is 0 Å². The van der Waals surface area contributed by atoms with Crippen LogP contribution in [0.3, 0.4) is 0 Å². The Hall–Kier alpha value is -0.0800. The molecule has 0 aromatic heterocycles. The van der Waals surface area contributed by atoms with E-state index in [1.807, 2.05) is 0 Å². The zero-order valence-corrected chi connectivity index (χ0v) is 9.87. The molecule has 0 heterocycles. The first-order chi connectivity index (χ1) is 6.74. The summed E-state index contributed by atoms with van der Waals surface area (Å²) >= 11 is 0. The minimum Gasteiger partial charge on any atom is -0.378 e. The molecule has 0 radical (unpaired) electrons. The maximum absolute atomic E-state index is 9.98. The predicted molar refractivity (Wildman–Crippen MR) is 60.1 cm³/mol. The zero-order valence-electron chi connectivity index (χ0n) is 9.87. The Morgan fingerprint density at radius 2 is 2.00 bits per heavy atom. The van der Waals surface area contributed by atoms with Crippen molar-refractivity contribution in [1.29, 1.82) is 0 Å². The average Bonchev–Trinajstić information content (AvgIpc) is 2.13. The fraction of sp³-hybridized carbons (Fsp3) is 1.00. The van der Waals surface area contributed by atoms with E-state index in [4.69, 9.17) is 0 Å². The third-order valence-corrected chi connectivity index (χ3v) is 3.62. The third kappa shape index (κ3) is 2.48. The SMILES string of the molecule is CCCC(O)N(CC)C1CCC1CC. The van der Waals surface area contributed by atoms with Crippen LogP contribution in [0.5, 0.6) is 0 Å². The van der Waals surface area contributed by atoms with Crippen LogP contribution < -0.4 is 0 Å². The maximum Gasteiger partial charge on any atom is 0.107 e. The van der Waals surface area contributed by atoms with Gasteiger partial charge in [-0.1, -0.05) is 33.6 Å². The molecule has 0 saturated heterocycles. The minimum absolute atomic E-state index is 0.204. The third-order valence-electron chi connectivity index (χ3n) is 3.62. The number of rotatable bonds is 6. The summed E-state index contributed by atoms with van der Waals surface area (Å²) in [4.78, 5) is 2.29. The first kappa shape index (κ1) is 12.0. The average molecular weight is 199 g/mol. The minimum atomic E-state index is -0.204. The van der Waals surface area contributed by atoms with Gasteiger partial charge in [0.05, 0.1) is 0 Å². The number of aliphatic hydroxyl groups excluding tert-OH is 1. The first-order valence-electron chi connectivity index (χ1n) is 6.18. The van der Waals surface area contributed by atoms with E-state index in [1.165, 1.54) is 19.3 Å². The van der Waals surface area contributed by atoms with E-state index in [9.17, 15) is 5.11 Å². The standard InChI is InChI=1S/C12H25NO/c1-4-7-12(14)13(6-3)11-9-8-10(11)5-2/h10-12,14H,4-9H2,1-3H3. The Bertz CT molecular complexity index is 158. The Morgan fingerprint density at radius 1 is 1.29 bits per heavy atom. The van der Waals surface area contributed by atoms with Crippen LogP contribution in [0.1, 0.15) is 52.9 Å². The highest BCUT2D eigenvalue weighted by Crippen LogP contribution is 2.35. The normalized spacial score (nSPS) is 28.9. The summed E-state index contributed by atoms with van der Waals surface area (Å²) in [6.45, 7) is 7.54. The predicted octanol–water partition coefficient (Wildman–Crippen LogP) is 2.62. The fourth-order valence-corrected chi connectivity index (χ4v) is 2.55. The lowest BCUT2D eigenvalue weighted by Crippen LogP contribution is -2.51. The summed E-state index contributed by atoms with van der Waals surface area (Å²) in [7, 11) is 0. The molecule has 3 atom stereocenters. The van der Waals surface area contributed by atoms with E-state index < -0.39 is 0 Å². The second-order valence-corrected chi connectivity index (χ2v) is 4.41. The monoisotopic (exact) mass is 199 g/mol. The molecule has 1 saturated carbocycles. The van der Waals surface area contributed by atoms with Gasteiger partial charge in [0.15, 0.2) is 0 Å². The van der Waals surface area contributed by atoms with Gasteiger partial charge in [0.25, 0.3) is 0 Å². The van der Waals surface area contributed by atoms with Gasteiger partial charge < -0.3 is 5.11 Å². The lowest BCUT2D eigenvalue weighted by atomic mass is 9.76. The van der Waals surface area contributed by atoms with Crippen molar-refractivity contribution in [2.24, 2.45) is 5.92 Å². The van der Waals surface area contributed by atoms with Gasteiger partial charge in [-0.3, -0.25) is 4.90 Å². The molecule has 2 heteroatoms. The van der Waals surface area contributed by atoms with Crippen LogP contribution in [0, 0.1) is 5.92 Å². The first-order valence-corrected chi connectivity index (χ1v) is 6.18. The molecule has 1 N–H and O–H groups in total. The number of aliphatic hydroxyl groups is 1. The Balaban J connectivity index is 2.44. The molecule has 1 aliphatic rings. The molecule has 1 aliphatic carbocycles. The fourth-order valence-electron chi connectivity index (χ4n) is 2.55. The Kier molecular flexibility index (Phi) is 4.90. The van der Waals surface area contributed by atoms with Gasteiger partial charge in [-0.25, -0.2) is 0 Å². The summed E-state index contributed by atoms with van der Waals surface area (Å²) in [6, 6.07) is 0.659. The van der Waals surface area contributed by atoms with Gasteiger partial charge in [0.2, 0.25) is 0 Å². The number of hydrogen-bond donors (Lipinski definition) is 1. The van der Waals surface area contributed by atoms with Crippen molar-refractivity contribution in [2.45, 2.75) is 65.1 Å². The molecule has 0 amide bonds. The largest absolute Gasteiger partial charge is 0.378 e. The van der Waals surface area contributed by atoms with Crippen molar-refractivity contribution in [1.82, 2.24) is 4.90 Å². The van der Waals surface area contributed by atoms with Crippen molar-refractivity contribution >= 4 is 0 Å². The van der Waals surface area contributed by atoms with Crippen LogP contribution in [0.4, 0.5) is 0 Å². The lowest BCUT2D eigenvalue weighted by molar-refractivity contribution is -0.0710. The second kappa shape index (κ2) is 5.72. The molecule has 2 nitrogen and oxygen atoms in total. The summed E-state index contributed by atoms with van der Waals surface area (Å²) in [5, 5.41) is 9.98. The van der Waals surface area contributed by atoms with E-state index in [1.54, 1.807) is 0 Å². The van der Waals surface area contributed by atoms with Gasteiger partial charge in [0, 0.05) is 6.04 Å². The summed E-state index contributed by atoms with van der Waals surface area (Å²) < 4.78 is 0. The molecule has 1 rings (SSSR count). The van der Waals surface area contributed by atoms with Gasteiger partial charge in [-0.05, 0) is 31.7 Å². The van der Waals surface area contributed by atoms with Crippen LogP contribution >= 0.6 is 0 Å². The molecule has 1 fully saturated rings. The summed E-state index contributed by atoms with van der Waals surface area (Å²) in [6.07, 6.45) is 5.69. The highest BCUT2D eigenvalue weighted by Gasteiger charge is 2.35. The molecular weight excluding hydrogens is 174 g/mol. The summed E-state index contributed by atoms with van der Waals surface area (Å²) in [5.74, 6) is 0.835. The van der Waals surface area contributed by atoms with Crippen molar-refractivity contribution < 1.29 is 5.11 Å². The van der Waals surface area contributed by atoms with Gasteiger partial charge >= 0.3 is 0 Å². The quantitative estimate of drug-likeness (QED) is 0.665. The van der Waals surface area contributed by atoms with E-state index >= 15 is 0 Å². The lowest BCUT2D eigenvalue weighted by Gasteiger charge is -2.46. The van der Waals surface area contributed by atoms with Crippen LogP contribution in [0.25, 0.3) is 0 Å². The van der Waals surface area contributed by atoms with Crippen molar-refractivity contribution in [3.63, 3.8) is 0 Å². The van der Waals surface area contributed by atoms with E-state index in [-0.39, 0.29) is 6.23 Å². The smallest absolute Gasteiger partial charge is 0.107 e. The van der Waals surface area contributed by atoms with Crippen LogP contribution in [0.2, 0.25) is 0 Å². The van der Waals surface area contributed by atoms with Crippen LogP contribution in [-0.2, 0) is 0 Å². The second-order valence-electron chi connectivity index (χ2n) is 4.41. The Labute approximate surface area is 88.3 Å². The Morgan fingerprint density at radius 3 is 2.36 bits per heavy atom. The topological polar surface area (TPSA) is 23.5 Å². The molecule has 0 spiro atoms. The molecular formula is C12H25NO. The van der Waals surface area contributed by atoms with Crippen molar-refractivity contribution in [3.05, 3.63) is 0 Å². The molecule has 0 aliphatic heterocycles. The van der Waals surface area contributed by atoms with E-state index in [0.717, 1.165) is 25.3 Å². The van der Waals surface area contributed by atoms with Gasteiger partial charge in [-0.2, -0.15) is 0 Å². The van der Waals surface area contributed by atoms with Gasteiger partial charge in [0.1, 0.15) is 6.23 Å².